The van der Waals surface area contributed by atoms with Gasteiger partial charge in [0.2, 0.25) is 11.8 Å². The first-order valence-corrected chi connectivity index (χ1v) is 10.6. The highest BCUT2D eigenvalue weighted by Crippen LogP contribution is 2.29. The van der Waals surface area contributed by atoms with Crippen molar-refractivity contribution in [1.82, 2.24) is 20.1 Å². The third kappa shape index (κ3) is 5.35. The monoisotopic (exact) mass is 502 g/mol. The number of halogens is 5. The van der Waals surface area contributed by atoms with Crippen LogP contribution in [0.25, 0.3) is 11.1 Å². The van der Waals surface area contributed by atoms with Crippen molar-refractivity contribution >= 4 is 5.91 Å². The predicted octanol–water partition coefficient (Wildman–Crippen LogP) is 5.21. The quantitative estimate of drug-likeness (QED) is 0.336. The molecule has 186 valence electrons. The van der Waals surface area contributed by atoms with E-state index in [1.54, 1.807) is 12.1 Å². The summed E-state index contributed by atoms with van der Waals surface area (Å²) in [4.78, 5) is 17.2. The first-order chi connectivity index (χ1) is 17.3. The minimum absolute atomic E-state index is 0.0196. The van der Waals surface area contributed by atoms with Gasteiger partial charge in [0.1, 0.15) is 5.82 Å². The Morgan fingerprint density at radius 1 is 1.00 bits per heavy atom. The normalized spacial score (nSPS) is 12.0. The summed E-state index contributed by atoms with van der Waals surface area (Å²) in [5.41, 5.74) is 0.482. The Morgan fingerprint density at radius 2 is 1.72 bits per heavy atom. The lowest BCUT2D eigenvalue weighted by atomic mass is 9.99. The van der Waals surface area contributed by atoms with E-state index in [1.165, 1.54) is 31.5 Å². The summed E-state index contributed by atoms with van der Waals surface area (Å²) in [6.07, 6.45) is 0.503. The first kappa shape index (κ1) is 24.8. The molecule has 0 spiro atoms. The average molecular weight is 502 g/mol. The van der Waals surface area contributed by atoms with Crippen molar-refractivity contribution in [2.75, 3.05) is 7.11 Å². The second-order valence-corrected chi connectivity index (χ2v) is 7.75. The summed E-state index contributed by atoms with van der Waals surface area (Å²) in [5.74, 6) is -3.40. The standard InChI is InChI=1S/C25H19F5N4O2/c1-36-22-8-14(6-7-31-22)11-32-25(35)23(34-13-17(12-33-34)24(29)30)18-4-2-15(9-20(18)27)16-3-5-19(26)21(28)10-16/h2-10,12-13,23-24H,11H2,1H3,(H,32,35). The second-order valence-electron chi connectivity index (χ2n) is 7.75. The highest BCUT2D eigenvalue weighted by molar-refractivity contribution is 5.84. The number of benzene rings is 2. The van der Waals surface area contributed by atoms with Gasteiger partial charge in [-0.15, -0.1) is 0 Å². The van der Waals surface area contributed by atoms with Gasteiger partial charge in [0, 0.05) is 30.6 Å². The molecule has 0 aliphatic carbocycles. The first-order valence-electron chi connectivity index (χ1n) is 10.6. The SMILES string of the molecule is COc1cc(CNC(=O)C(c2ccc(-c3ccc(F)c(F)c3)cc2F)n2cc(C(F)F)cn2)ccn1. The van der Waals surface area contributed by atoms with Gasteiger partial charge in [-0.3, -0.25) is 9.48 Å². The average Bonchev–Trinajstić information content (AvgIpc) is 3.36. The van der Waals surface area contributed by atoms with Crippen LogP contribution in [0.1, 0.15) is 29.2 Å². The summed E-state index contributed by atoms with van der Waals surface area (Å²) in [7, 11) is 1.44. The van der Waals surface area contributed by atoms with Gasteiger partial charge >= 0.3 is 0 Å². The number of hydrogen-bond acceptors (Lipinski definition) is 4. The molecule has 2 heterocycles. The van der Waals surface area contributed by atoms with Gasteiger partial charge in [0.25, 0.3) is 6.43 Å². The molecule has 4 rings (SSSR count). The molecule has 6 nitrogen and oxygen atoms in total. The molecule has 0 aliphatic rings. The van der Waals surface area contributed by atoms with Gasteiger partial charge in [-0.25, -0.2) is 26.9 Å². The van der Waals surface area contributed by atoms with Crippen LogP contribution in [0.5, 0.6) is 5.88 Å². The lowest BCUT2D eigenvalue weighted by molar-refractivity contribution is -0.123. The number of amides is 1. The zero-order valence-electron chi connectivity index (χ0n) is 18.8. The van der Waals surface area contributed by atoms with E-state index in [-0.39, 0.29) is 23.2 Å². The summed E-state index contributed by atoms with van der Waals surface area (Å²) >= 11 is 0. The third-order valence-electron chi connectivity index (χ3n) is 5.41. The van der Waals surface area contributed by atoms with Crippen LogP contribution in [0, 0.1) is 17.5 Å². The zero-order chi connectivity index (χ0) is 25.8. The fourth-order valence-corrected chi connectivity index (χ4v) is 3.57. The van der Waals surface area contributed by atoms with E-state index in [1.807, 2.05) is 0 Å². The largest absolute Gasteiger partial charge is 0.481 e. The fourth-order valence-electron chi connectivity index (χ4n) is 3.57. The number of hydrogen-bond donors (Lipinski definition) is 1. The maximum atomic E-state index is 15.3. The smallest absolute Gasteiger partial charge is 0.266 e. The van der Waals surface area contributed by atoms with E-state index in [0.717, 1.165) is 35.3 Å². The van der Waals surface area contributed by atoms with Crippen LogP contribution in [0.2, 0.25) is 0 Å². The summed E-state index contributed by atoms with van der Waals surface area (Å²) in [6, 6.07) is 8.64. The molecule has 0 saturated heterocycles. The summed E-state index contributed by atoms with van der Waals surface area (Å²) in [6.45, 7) is 0.0196. The van der Waals surface area contributed by atoms with Crippen LogP contribution in [0.4, 0.5) is 22.0 Å². The van der Waals surface area contributed by atoms with E-state index in [9.17, 15) is 22.4 Å². The third-order valence-corrected chi connectivity index (χ3v) is 5.41. The van der Waals surface area contributed by atoms with Gasteiger partial charge in [0.05, 0.1) is 18.9 Å². The molecular formula is C25H19F5N4O2. The van der Waals surface area contributed by atoms with Crippen molar-refractivity contribution in [3.63, 3.8) is 0 Å². The van der Waals surface area contributed by atoms with Crippen LogP contribution in [0.3, 0.4) is 0 Å². The summed E-state index contributed by atoms with van der Waals surface area (Å²) < 4.78 is 74.5. The molecule has 36 heavy (non-hydrogen) atoms. The molecular weight excluding hydrogens is 483 g/mol. The molecule has 0 fully saturated rings. The number of nitrogens with zero attached hydrogens (tertiary/aromatic N) is 3. The zero-order valence-corrected chi connectivity index (χ0v) is 18.8. The molecule has 0 aliphatic heterocycles. The number of nitrogens with one attached hydrogen (secondary N) is 1. The van der Waals surface area contributed by atoms with E-state index in [2.05, 4.69) is 15.4 Å². The molecule has 0 bridgehead atoms. The minimum Gasteiger partial charge on any atom is -0.481 e. The predicted molar refractivity (Wildman–Crippen MR) is 120 cm³/mol. The van der Waals surface area contributed by atoms with Gasteiger partial charge in [-0.1, -0.05) is 18.2 Å². The lowest BCUT2D eigenvalue weighted by Crippen LogP contribution is -2.33. The van der Waals surface area contributed by atoms with Crippen molar-refractivity contribution in [1.29, 1.82) is 0 Å². The summed E-state index contributed by atoms with van der Waals surface area (Å²) in [5, 5.41) is 6.49. The maximum absolute atomic E-state index is 15.3. The Balaban J connectivity index is 1.67. The highest BCUT2D eigenvalue weighted by Gasteiger charge is 2.28. The second kappa shape index (κ2) is 10.5. The minimum atomic E-state index is -2.84. The van der Waals surface area contributed by atoms with Crippen LogP contribution >= 0.6 is 0 Å². The fraction of sp³-hybridized carbons (Fsp3) is 0.160. The molecule has 1 N–H and O–H groups in total. The number of pyridine rings is 1. The Kier molecular flexibility index (Phi) is 7.28. The number of aromatic nitrogens is 3. The molecule has 1 amide bonds. The number of carbonyl (C=O) groups is 1. The van der Waals surface area contributed by atoms with Crippen LogP contribution in [-0.4, -0.2) is 27.8 Å². The molecule has 11 heteroatoms. The topological polar surface area (TPSA) is 69.0 Å². The van der Waals surface area contributed by atoms with Crippen LogP contribution in [0.15, 0.2) is 67.1 Å². The number of rotatable bonds is 8. The van der Waals surface area contributed by atoms with Crippen molar-refractivity contribution in [3.05, 3.63) is 101 Å². The van der Waals surface area contributed by atoms with Crippen molar-refractivity contribution in [2.24, 2.45) is 0 Å². The number of alkyl halides is 2. The van der Waals surface area contributed by atoms with Gasteiger partial charge < -0.3 is 10.1 Å². The number of methoxy groups -OCH3 is 1. The highest BCUT2D eigenvalue weighted by atomic mass is 19.3. The van der Waals surface area contributed by atoms with E-state index in [4.69, 9.17) is 4.74 Å². The van der Waals surface area contributed by atoms with Crippen molar-refractivity contribution in [2.45, 2.75) is 19.0 Å². The Hall–Kier alpha value is -4.28. The maximum Gasteiger partial charge on any atom is 0.266 e. The van der Waals surface area contributed by atoms with Crippen molar-refractivity contribution < 1.29 is 31.5 Å². The molecule has 4 aromatic rings. The van der Waals surface area contributed by atoms with Crippen molar-refractivity contribution in [3.8, 4) is 17.0 Å². The molecule has 0 saturated carbocycles. The van der Waals surface area contributed by atoms with Crippen LogP contribution in [-0.2, 0) is 11.3 Å². The van der Waals surface area contributed by atoms with Gasteiger partial charge in [0.15, 0.2) is 17.7 Å². The Morgan fingerprint density at radius 3 is 2.36 bits per heavy atom. The number of carbonyl (C=O) groups excluding carboxylic acids is 1. The van der Waals surface area contributed by atoms with E-state index >= 15 is 4.39 Å². The van der Waals surface area contributed by atoms with Crippen LogP contribution < -0.4 is 10.1 Å². The van der Waals surface area contributed by atoms with E-state index in [0.29, 0.717) is 11.4 Å². The molecule has 2 aromatic carbocycles. The Labute approximate surface area is 202 Å². The number of ether oxygens (including phenoxy) is 1. The molecule has 0 radical (unpaired) electrons. The molecule has 2 aromatic heterocycles. The van der Waals surface area contributed by atoms with Gasteiger partial charge in [-0.2, -0.15) is 5.10 Å². The molecule has 1 atom stereocenters. The van der Waals surface area contributed by atoms with E-state index < -0.39 is 41.4 Å². The Bertz CT molecular complexity index is 1390. The van der Waals surface area contributed by atoms with Gasteiger partial charge in [-0.05, 0) is 41.0 Å². The molecule has 1 unspecified atom stereocenters. The lowest BCUT2D eigenvalue weighted by Gasteiger charge is -2.19.